The quantitative estimate of drug-likeness (QED) is 0.638. The summed E-state index contributed by atoms with van der Waals surface area (Å²) in [5.41, 5.74) is 0. The van der Waals surface area contributed by atoms with Crippen molar-refractivity contribution in [3.8, 4) is 0 Å². The summed E-state index contributed by atoms with van der Waals surface area (Å²) in [4.78, 5) is 11.5. The van der Waals surface area contributed by atoms with Crippen LogP contribution in [-0.2, 0) is 0 Å². The molecular formula is C6H10ClN5O. The lowest BCUT2D eigenvalue weighted by atomic mass is 10.7. The Bertz CT molecular complexity index is 282. The van der Waals surface area contributed by atoms with Gasteiger partial charge in [0, 0.05) is 13.6 Å². The maximum atomic E-state index is 8.54. The van der Waals surface area contributed by atoms with Crippen molar-refractivity contribution in [1.29, 1.82) is 0 Å². The number of rotatable bonds is 4. The normalized spacial score (nSPS) is 9.77. The van der Waals surface area contributed by atoms with Gasteiger partial charge in [-0.2, -0.15) is 15.0 Å². The molecule has 0 amide bonds. The van der Waals surface area contributed by atoms with Crippen molar-refractivity contribution in [2.75, 3.05) is 30.8 Å². The molecule has 0 saturated heterocycles. The van der Waals surface area contributed by atoms with Crippen molar-refractivity contribution >= 4 is 23.5 Å². The molecule has 6 nitrogen and oxygen atoms in total. The molecule has 0 spiro atoms. The Morgan fingerprint density at radius 3 is 2.62 bits per heavy atom. The van der Waals surface area contributed by atoms with E-state index in [0.29, 0.717) is 18.4 Å². The molecule has 13 heavy (non-hydrogen) atoms. The molecule has 0 unspecified atom stereocenters. The van der Waals surface area contributed by atoms with Crippen LogP contribution in [0, 0.1) is 0 Å². The summed E-state index contributed by atoms with van der Waals surface area (Å²) in [7, 11) is 1.68. The zero-order valence-corrected chi connectivity index (χ0v) is 7.84. The molecule has 1 rings (SSSR count). The first-order valence-electron chi connectivity index (χ1n) is 3.70. The van der Waals surface area contributed by atoms with E-state index in [1.807, 2.05) is 0 Å². The fourth-order valence-corrected chi connectivity index (χ4v) is 0.869. The molecule has 0 saturated carbocycles. The molecule has 0 atom stereocenters. The lowest BCUT2D eigenvalue weighted by molar-refractivity contribution is 0.311. The van der Waals surface area contributed by atoms with Gasteiger partial charge in [-0.3, -0.25) is 0 Å². The van der Waals surface area contributed by atoms with Gasteiger partial charge < -0.3 is 15.7 Å². The number of hydrogen-bond donors (Lipinski definition) is 3. The van der Waals surface area contributed by atoms with Crippen molar-refractivity contribution in [3.05, 3.63) is 5.28 Å². The molecule has 1 aromatic rings. The van der Waals surface area contributed by atoms with Crippen molar-refractivity contribution in [2.24, 2.45) is 0 Å². The number of nitrogens with zero attached hydrogens (tertiary/aromatic N) is 3. The van der Waals surface area contributed by atoms with Gasteiger partial charge in [0.2, 0.25) is 17.2 Å². The number of halogens is 1. The summed E-state index contributed by atoms with van der Waals surface area (Å²) in [5.74, 6) is 0.735. The zero-order chi connectivity index (χ0) is 9.68. The summed E-state index contributed by atoms with van der Waals surface area (Å²) in [6.07, 6.45) is 0. The molecule has 0 aliphatic heterocycles. The molecule has 0 aromatic carbocycles. The van der Waals surface area contributed by atoms with E-state index in [0.717, 1.165) is 0 Å². The summed E-state index contributed by atoms with van der Waals surface area (Å²) in [6, 6.07) is 0. The Morgan fingerprint density at radius 1 is 1.31 bits per heavy atom. The third-order valence-electron chi connectivity index (χ3n) is 1.23. The van der Waals surface area contributed by atoms with E-state index in [4.69, 9.17) is 16.7 Å². The van der Waals surface area contributed by atoms with Crippen molar-refractivity contribution in [3.63, 3.8) is 0 Å². The zero-order valence-electron chi connectivity index (χ0n) is 7.08. The smallest absolute Gasteiger partial charge is 0.228 e. The predicted molar refractivity (Wildman–Crippen MR) is 50.0 cm³/mol. The average Bonchev–Trinajstić information content (AvgIpc) is 2.14. The van der Waals surface area contributed by atoms with Gasteiger partial charge in [0.05, 0.1) is 6.61 Å². The molecule has 1 heterocycles. The monoisotopic (exact) mass is 203 g/mol. The van der Waals surface area contributed by atoms with Crippen molar-refractivity contribution < 1.29 is 5.11 Å². The topological polar surface area (TPSA) is 83.0 Å². The van der Waals surface area contributed by atoms with Crippen LogP contribution in [-0.4, -0.2) is 40.3 Å². The van der Waals surface area contributed by atoms with E-state index >= 15 is 0 Å². The summed E-state index contributed by atoms with van der Waals surface area (Å²) < 4.78 is 0. The summed E-state index contributed by atoms with van der Waals surface area (Å²) >= 11 is 5.60. The molecule has 1 aromatic heterocycles. The van der Waals surface area contributed by atoms with Crippen LogP contribution in [0.15, 0.2) is 0 Å². The number of aliphatic hydroxyl groups is 1. The molecule has 0 radical (unpaired) electrons. The average molecular weight is 204 g/mol. The van der Waals surface area contributed by atoms with Gasteiger partial charge in [0.15, 0.2) is 0 Å². The van der Waals surface area contributed by atoms with Crippen LogP contribution in [0.5, 0.6) is 0 Å². The van der Waals surface area contributed by atoms with Gasteiger partial charge in [0.1, 0.15) is 0 Å². The Labute approximate surface area is 80.4 Å². The van der Waals surface area contributed by atoms with Gasteiger partial charge in [-0.05, 0) is 11.6 Å². The standard InChI is InChI=1S/C6H10ClN5O/c1-8-5-10-4(7)11-6(12-5)9-2-3-13/h13H,2-3H2,1H3,(H2,8,9,10,11,12). The van der Waals surface area contributed by atoms with Crippen LogP contribution >= 0.6 is 11.6 Å². The number of hydrogen-bond acceptors (Lipinski definition) is 6. The van der Waals surface area contributed by atoms with Crippen molar-refractivity contribution in [2.45, 2.75) is 0 Å². The number of nitrogens with one attached hydrogen (secondary N) is 2. The molecule has 0 bridgehead atoms. The van der Waals surface area contributed by atoms with Crippen LogP contribution in [0.2, 0.25) is 5.28 Å². The van der Waals surface area contributed by atoms with Gasteiger partial charge in [0.25, 0.3) is 0 Å². The molecule has 3 N–H and O–H groups in total. The van der Waals surface area contributed by atoms with Crippen molar-refractivity contribution in [1.82, 2.24) is 15.0 Å². The minimum atomic E-state index is 0.0121. The van der Waals surface area contributed by atoms with Crippen LogP contribution in [0.3, 0.4) is 0 Å². The van der Waals surface area contributed by atoms with Crippen LogP contribution in [0.25, 0.3) is 0 Å². The molecule has 0 aliphatic rings. The van der Waals surface area contributed by atoms with E-state index in [-0.39, 0.29) is 11.9 Å². The molecule has 0 fully saturated rings. The van der Waals surface area contributed by atoms with E-state index in [1.54, 1.807) is 7.05 Å². The van der Waals surface area contributed by atoms with Crippen LogP contribution < -0.4 is 10.6 Å². The lowest BCUT2D eigenvalue weighted by Crippen LogP contribution is -2.10. The third-order valence-corrected chi connectivity index (χ3v) is 1.40. The third kappa shape index (κ3) is 3.00. The summed E-state index contributed by atoms with van der Waals surface area (Å²) in [6.45, 7) is 0.391. The maximum Gasteiger partial charge on any atom is 0.228 e. The number of aromatic nitrogens is 3. The second-order valence-electron chi connectivity index (χ2n) is 2.15. The highest BCUT2D eigenvalue weighted by Gasteiger charge is 2.01. The molecular weight excluding hydrogens is 194 g/mol. The van der Waals surface area contributed by atoms with E-state index in [2.05, 4.69) is 25.6 Å². The first-order chi connectivity index (χ1) is 6.26. The highest BCUT2D eigenvalue weighted by molar-refractivity contribution is 6.28. The molecule has 72 valence electrons. The highest BCUT2D eigenvalue weighted by atomic mass is 35.5. The minimum Gasteiger partial charge on any atom is -0.395 e. The van der Waals surface area contributed by atoms with Gasteiger partial charge in [-0.25, -0.2) is 0 Å². The number of aliphatic hydroxyl groups excluding tert-OH is 1. The molecule has 7 heteroatoms. The SMILES string of the molecule is CNc1nc(Cl)nc(NCCO)n1. The Morgan fingerprint density at radius 2 is 2.00 bits per heavy atom. The van der Waals surface area contributed by atoms with Gasteiger partial charge >= 0.3 is 0 Å². The minimum absolute atomic E-state index is 0.0121. The maximum absolute atomic E-state index is 8.54. The largest absolute Gasteiger partial charge is 0.395 e. The molecule has 0 aliphatic carbocycles. The van der Waals surface area contributed by atoms with Crippen LogP contribution in [0.4, 0.5) is 11.9 Å². The second kappa shape index (κ2) is 4.78. The fraction of sp³-hybridized carbons (Fsp3) is 0.500. The summed E-state index contributed by atoms with van der Waals surface area (Å²) in [5, 5.41) is 14.2. The van der Waals surface area contributed by atoms with E-state index in [1.165, 1.54) is 0 Å². The fourth-order valence-electron chi connectivity index (χ4n) is 0.709. The lowest BCUT2D eigenvalue weighted by Gasteiger charge is -2.04. The Hall–Kier alpha value is -1.14. The Balaban J connectivity index is 2.76. The van der Waals surface area contributed by atoms with Crippen LogP contribution in [0.1, 0.15) is 0 Å². The Kier molecular flexibility index (Phi) is 3.66. The first-order valence-corrected chi connectivity index (χ1v) is 4.08. The first kappa shape index (κ1) is 9.94. The van der Waals surface area contributed by atoms with Gasteiger partial charge in [-0.1, -0.05) is 0 Å². The van der Waals surface area contributed by atoms with E-state index in [9.17, 15) is 0 Å². The van der Waals surface area contributed by atoms with E-state index < -0.39 is 0 Å². The second-order valence-corrected chi connectivity index (χ2v) is 2.49. The number of anilines is 2. The highest BCUT2D eigenvalue weighted by Crippen LogP contribution is 2.07. The van der Waals surface area contributed by atoms with Gasteiger partial charge in [-0.15, -0.1) is 0 Å². The predicted octanol–water partition coefficient (Wildman–Crippen LogP) is -0.0291.